The molecule has 1 aliphatic carbocycles. The van der Waals surface area contributed by atoms with Crippen molar-refractivity contribution in [2.45, 2.75) is 52.9 Å². The molecule has 0 heterocycles. The lowest BCUT2D eigenvalue weighted by Crippen LogP contribution is -2.14. The Labute approximate surface area is 122 Å². The minimum atomic E-state index is -0.624. The maximum Gasteiger partial charge on any atom is 0.306 e. The van der Waals surface area contributed by atoms with Crippen LogP contribution >= 0.6 is 0 Å². The zero-order chi connectivity index (χ0) is 15.1. The van der Waals surface area contributed by atoms with Crippen molar-refractivity contribution in [2.75, 3.05) is 0 Å². The van der Waals surface area contributed by atoms with Gasteiger partial charge in [0.25, 0.3) is 0 Å². The average Bonchev–Trinajstić information content (AvgIpc) is 3.10. The number of aliphatic carboxylic acids is 1. The van der Waals surface area contributed by atoms with Crippen LogP contribution in [0.1, 0.15) is 50.8 Å². The number of carboxylic acids is 1. The van der Waals surface area contributed by atoms with E-state index in [0.29, 0.717) is 11.8 Å². The second-order valence-electron chi connectivity index (χ2n) is 7.42. The van der Waals surface area contributed by atoms with Crippen molar-refractivity contribution >= 4 is 5.97 Å². The fourth-order valence-corrected chi connectivity index (χ4v) is 3.25. The highest BCUT2D eigenvalue weighted by atomic mass is 16.4. The molecule has 2 rings (SSSR count). The summed E-state index contributed by atoms with van der Waals surface area (Å²) in [6.07, 6.45) is 1.84. The molecule has 3 atom stereocenters. The van der Waals surface area contributed by atoms with E-state index in [1.807, 2.05) is 0 Å². The predicted octanol–water partition coefficient (Wildman–Crippen LogP) is 4.19. The molecule has 20 heavy (non-hydrogen) atoms. The molecule has 2 heteroatoms. The molecule has 0 amide bonds. The third-order valence-corrected chi connectivity index (χ3v) is 4.56. The van der Waals surface area contributed by atoms with Gasteiger partial charge < -0.3 is 5.11 Å². The van der Waals surface area contributed by atoms with Crippen molar-refractivity contribution in [3.63, 3.8) is 0 Å². The number of hydrogen-bond donors (Lipinski definition) is 1. The summed E-state index contributed by atoms with van der Waals surface area (Å²) in [4.78, 5) is 11.0. The van der Waals surface area contributed by atoms with Crippen molar-refractivity contribution in [3.8, 4) is 0 Å². The highest BCUT2D eigenvalue weighted by Crippen LogP contribution is 2.45. The molecule has 0 radical (unpaired) electrons. The van der Waals surface area contributed by atoms with E-state index < -0.39 is 5.97 Å². The van der Waals surface area contributed by atoms with Gasteiger partial charge in [-0.2, -0.15) is 0 Å². The van der Waals surface area contributed by atoms with Gasteiger partial charge in [-0.3, -0.25) is 4.79 Å². The van der Waals surface area contributed by atoms with Gasteiger partial charge in [-0.25, -0.2) is 0 Å². The van der Waals surface area contributed by atoms with E-state index >= 15 is 0 Å². The molecule has 0 aliphatic heterocycles. The monoisotopic (exact) mass is 274 g/mol. The van der Waals surface area contributed by atoms with Crippen LogP contribution in [0.3, 0.4) is 0 Å². The molecule has 1 fully saturated rings. The topological polar surface area (TPSA) is 37.3 Å². The lowest BCUT2D eigenvalue weighted by atomic mass is 9.82. The number of carboxylic acid groups (broad SMARTS) is 1. The summed E-state index contributed by atoms with van der Waals surface area (Å²) >= 11 is 0. The average molecular weight is 274 g/mol. The summed E-state index contributed by atoms with van der Waals surface area (Å²) in [5, 5.41) is 9.03. The Morgan fingerprint density at radius 2 is 2.05 bits per heavy atom. The van der Waals surface area contributed by atoms with E-state index in [1.54, 1.807) is 0 Å². The number of carbonyl (C=O) groups is 1. The summed E-state index contributed by atoms with van der Waals surface area (Å²) in [6, 6.07) is 6.70. The highest BCUT2D eigenvalue weighted by molar-refractivity contribution is 5.73. The van der Waals surface area contributed by atoms with Gasteiger partial charge in [-0.1, -0.05) is 45.9 Å². The third kappa shape index (κ3) is 3.23. The first-order valence-electron chi connectivity index (χ1n) is 7.53. The van der Waals surface area contributed by atoms with E-state index in [1.165, 1.54) is 16.7 Å². The normalized spacial score (nSPS) is 23.4. The van der Waals surface area contributed by atoms with Gasteiger partial charge >= 0.3 is 5.97 Å². The van der Waals surface area contributed by atoms with Crippen LogP contribution in [0.5, 0.6) is 0 Å². The zero-order valence-electron chi connectivity index (χ0n) is 13.2. The Hall–Kier alpha value is -1.31. The number of rotatable bonds is 4. The lowest BCUT2D eigenvalue weighted by Gasteiger charge is -2.23. The Bertz CT molecular complexity index is 511. The zero-order valence-corrected chi connectivity index (χ0v) is 13.2. The van der Waals surface area contributed by atoms with Crippen LogP contribution in [0, 0.1) is 24.7 Å². The fraction of sp³-hybridized carbons (Fsp3) is 0.611. The maximum atomic E-state index is 11.0. The van der Waals surface area contributed by atoms with E-state index in [-0.39, 0.29) is 11.3 Å². The number of benzene rings is 1. The van der Waals surface area contributed by atoms with E-state index in [4.69, 9.17) is 5.11 Å². The molecule has 1 aliphatic rings. The van der Waals surface area contributed by atoms with Gasteiger partial charge in [-0.05, 0) is 53.7 Å². The van der Waals surface area contributed by atoms with Gasteiger partial charge in [0.1, 0.15) is 0 Å². The molecule has 1 aromatic rings. The summed E-state index contributed by atoms with van der Waals surface area (Å²) in [5.41, 5.74) is 4.23. The second-order valence-corrected chi connectivity index (χ2v) is 7.42. The van der Waals surface area contributed by atoms with Crippen molar-refractivity contribution in [1.82, 2.24) is 0 Å². The smallest absolute Gasteiger partial charge is 0.306 e. The van der Waals surface area contributed by atoms with Crippen LogP contribution in [0.15, 0.2) is 18.2 Å². The standard InChI is InChI=1S/C18H26O2/c1-11-6-7-13(9-16(11)18(3,4)5)8-12(2)14-10-15(14)17(19)20/h6-7,9,12,14-15H,8,10H2,1-5H3,(H,19,20). The molecule has 1 N–H and O–H groups in total. The largest absolute Gasteiger partial charge is 0.481 e. The van der Waals surface area contributed by atoms with E-state index in [9.17, 15) is 4.79 Å². The predicted molar refractivity (Wildman–Crippen MR) is 82.0 cm³/mol. The van der Waals surface area contributed by atoms with E-state index in [2.05, 4.69) is 52.8 Å². The summed E-state index contributed by atoms with van der Waals surface area (Å²) in [5.74, 6) is 0.0946. The molecular weight excluding hydrogens is 248 g/mol. The van der Waals surface area contributed by atoms with E-state index in [0.717, 1.165) is 12.8 Å². The number of aryl methyl sites for hydroxylation is 1. The first kappa shape index (κ1) is 15.1. The van der Waals surface area contributed by atoms with Gasteiger partial charge in [0.05, 0.1) is 5.92 Å². The van der Waals surface area contributed by atoms with Crippen LogP contribution in [-0.2, 0) is 16.6 Å². The van der Waals surface area contributed by atoms with Crippen LogP contribution in [-0.4, -0.2) is 11.1 Å². The first-order chi connectivity index (χ1) is 9.20. The quantitative estimate of drug-likeness (QED) is 0.893. The van der Waals surface area contributed by atoms with Crippen LogP contribution in [0.4, 0.5) is 0 Å². The molecular formula is C18H26O2. The Kier molecular flexibility index (Phi) is 3.95. The summed E-state index contributed by atoms with van der Waals surface area (Å²) in [7, 11) is 0. The SMILES string of the molecule is Cc1ccc(CC(C)C2CC2C(=O)O)cc1C(C)(C)C. The lowest BCUT2D eigenvalue weighted by molar-refractivity contribution is -0.139. The highest BCUT2D eigenvalue weighted by Gasteiger charge is 2.46. The molecule has 2 nitrogen and oxygen atoms in total. The van der Waals surface area contributed by atoms with Crippen molar-refractivity contribution in [1.29, 1.82) is 0 Å². The Balaban J connectivity index is 2.09. The minimum Gasteiger partial charge on any atom is -0.481 e. The van der Waals surface area contributed by atoms with Gasteiger partial charge in [0, 0.05) is 0 Å². The maximum absolute atomic E-state index is 11.0. The van der Waals surface area contributed by atoms with Gasteiger partial charge in [-0.15, -0.1) is 0 Å². The summed E-state index contributed by atoms with van der Waals surface area (Å²) < 4.78 is 0. The number of hydrogen-bond acceptors (Lipinski definition) is 1. The molecule has 1 saturated carbocycles. The molecule has 110 valence electrons. The molecule has 3 unspecified atom stereocenters. The van der Waals surface area contributed by atoms with Crippen molar-refractivity contribution < 1.29 is 9.90 Å². The van der Waals surface area contributed by atoms with Crippen molar-refractivity contribution in [3.05, 3.63) is 34.9 Å². The van der Waals surface area contributed by atoms with Crippen molar-refractivity contribution in [2.24, 2.45) is 17.8 Å². The van der Waals surface area contributed by atoms with Crippen LogP contribution < -0.4 is 0 Å². The molecule has 0 aromatic heterocycles. The minimum absolute atomic E-state index is 0.0995. The fourth-order valence-electron chi connectivity index (χ4n) is 3.25. The Morgan fingerprint density at radius 3 is 2.55 bits per heavy atom. The van der Waals surface area contributed by atoms with Gasteiger partial charge in [0.15, 0.2) is 0 Å². The molecule has 0 saturated heterocycles. The van der Waals surface area contributed by atoms with Crippen LogP contribution in [0.2, 0.25) is 0 Å². The molecule has 0 bridgehead atoms. The molecule has 0 spiro atoms. The second kappa shape index (κ2) is 5.23. The Morgan fingerprint density at radius 1 is 1.40 bits per heavy atom. The van der Waals surface area contributed by atoms with Crippen LogP contribution in [0.25, 0.3) is 0 Å². The summed E-state index contributed by atoms with van der Waals surface area (Å²) in [6.45, 7) is 11.1. The third-order valence-electron chi connectivity index (χ3n) is 4.56. The van der Waals surface area contributed by atoms with Gasteiger partial charge in [0.2, 0.25) is 0 Å². The first-order valence-corrected chi connectivity index (χ1v) is 7.53. The molecule has 1 aromatic carbocycles.